The molecule has 0 aromatic carbocycles. The number of nitrogens with zero attached hydrogens (tertiary/aromatic N) is 2. The first-order valence-corrected chi connectivity index (χ1v) is 7.08. The maximum atomic E-state index is 5.79. The Morgan fingerprint density at radius 2 is 2.19 bits per heavy atom. The second-order valence-corrected chi connectivity index (χ2v) is 6.29. The molecule has 2 aromatic heterocycles. The van der Waals surface area contributed by atoms with Crippen molar-refractivity contribution in [2.24, 2.45) is 5.73 Å². The minimum Gasteiger partial charge on any atom is -0.322 e. The van der Waals surface area contributed by atoms with Crippen molar-refractivity contribution < 1.29 is 0 Å². The van der Waals surface area contributed by atoms with Crippen molar-refractivity contribution in [1.29, 1.82) is 0 Å². The molecule has 0 radical (unpaired) electrons. The highest BCUT2D eigenvalue weighted by molar-refractivity contribution is 7.21. The van der Waals surface area contributed by atoms with Crippen molar-refractivity contribution in [3.8, 4) is 9.88 Å². The molecule has 2 heterocycles. The van der Waals surface area contributed by atoms with E-state index in [4.69, 9.17) is 5.73 Å². The minimum atomic E-state index is -0.0157. The van der Waals surface area contributed by atoms with E-state index in [1.807, 2.05) is 18.3 Å². The maximum Gasteiger partial charge on any atom is 0.157 e. The molecule has 1 atom stereocenters. The predicted molar refractivity (Wildman–Crippen MR) is 67.8 cm³/mol. The number of thiophene rings is 1. The van der Waals surface area contributed by atoms with E-state index < -0.39 is 0 Å². The summed E-state index contributed by atoms with van der Waals surface area (Å²) >= 11 is 3.48. The first-order valence-electron chi connectivity index (χ1n) is 5.45. The molecule has 5 heteroatoms. The van der Waals surface area contributed by atoms with E-state index in [1.165, 1.54) is 34.6 Å². The van der Waals surface area contributed by atoms with Crippen LogP contribution >= 0.6 is 22.7 Å². The molecular weight excluding hydrogens is 238 g/mol. The van der Waals surface area contributed by atoms with Gasteiger partial charge in [-0.15, -0.1) is 21.5 Å². The summed E-state index contributed by atoms with van der Waals surface area (Å²) in [4.78, 5) is 2.79. The summed E-state index contributed by atoms with van der Waals surface area (Å²) in [5, 5.41) is 10.3. The van der Waals surface area contributed by atoms with Crippen LogP contribution in [0.4, 0.5) is 0 Å². The largest absolute Gasteiger partial charge is 0.322 e. The van der Waals surface area contributed by atoms with Gasteiger partial charge in [0.1, 0.15) is 5.01 Å². The highest BCUT2D eigenvalue weighted by atomic mass is 32.1. The summed E-state index contributed by atoms with van der Waals surface area (Å²) in [6.07, 6.45) is 3.77. The normalized spacial score (nSPS) is 16.4. The number of hydrogen-bond donors (Lipinski definition) is 1. The summed E-state index contributed by atoms with van der Waals surface area (Å²) in [5.41, 5.74) is 7.30. The molecule has 3 rings (SSSR count). The minimum absolute atomic E-state index is 0.0157. The Labute approximate surface area is 102 Å². The number of aromatic nitrogens is 2. The van der Waals surface area contributed by atoms with Gasteiger partial charge >= 0.3 is 0 Å². The highest BCUT2D eigenvalue weighted by Gasteiger charge is 2.18. The van der Waals surface area contributed by atoms with Gasteiger partial charge in [-0.05, 0) is 37.8 Å². The fraction of sp³-hybridized carbons (Fsp3) is 0.455. The van der Waals surface area contributed by atoms with Gasteiger partial charge in [0, 0.05) is 4.88 Å². The molecule has 0 amide bonds. The van der Waals surface area contributed by atoms with E-state index in [0.29, 0.717) is 0 Å². The number of rotatable bonds is 2. The number of aryl methyl sites for hydroxylation is 2. The third-order valence-corrected chi connectivity index (χ3v) is 5.32. The van der Waals surface area contributed by atoms with Crippen LogP contribution in [-0.2, 0) is 12.8 Å². The zero-order valence-corrected chi connectivity index (χ0v) is 10.7. The molecule has 3 nitrogen and oxygen atoms in total. The molecule has 2 aromatic rings. The van der Waals surface area contributed by atoms with Gasteiger partial charge in [-0.3, -0.25) is 0 Å². The third-order valence-electron chi connectivity index (χ3n) is 2.79. The van der Waals surface area contributed by atoms with E-state index in [1.54, 1.807) is 11.3 Å². The van der Waals surface area contributed by atoms with Crippen LogP contribution in [0.3, 0.4) is 0 Å². The molecule has 0 spiro atoms. The molecule has 0 bridgehead atoms. The van der Waals surface area contributed by atoms with Crippen LogP contribution in [0.2, 0.25) is 0 Å². The lowest BCUT2D eigenvalue weighted by Gasteiger charge is -1.94. The Balaban J connectivity index is 1.95. The second-order valence-electron chi connectivity index (χ2n) is 4.15. The van der Waals surface area contributed by atoms with Crippen molar-refractivity contribution in [3.05, 3.63) is 21.5 Å². The standard InChI is InChI=1S/C11H13N3S2/c1-6(12)10-13-14-11(16-10)9-5-7-3-2-4-8(7)15-9/h5-6H,2-4,12H2,1H3. The maximum absolute atomic E-state index is 5.79. The Hall–Kier alpha value is -0.780. The predicted octanol–water partition coefficient (Wildman–Crippen LogP) is 2.78. The van der Waals surface area contributed by atoms with Gasteiger partial charge in [-0.2, -0.15) is 0 Å². The van der Waals surface area contributed by atoms with Gasteiger partial charge in [0.25, 0.3) is 0 Å². The summed E-state index contributed by atoms with van der Waals surface area (Å²) < 4.78 is 0. The van der Waals surface area contributed by atoms with Crippen molar-refractivity contribution in [3.63, 3.8) is 0 Å². The lowest BCUT2D eigenvalue weighted by atomic mass is 10.2. The van der Waals surface area contributed by atoms with Gasteiger partial charge in [0.05, 0.1) is 10.9 Å². The number of nitrogens with two attached hydrogens (primary N) is 1. The Bertz CT molecular complexity index is 492. The van der Waals surface area contributed by atoms with Gasteiger partial charge in [0.15, 0.2) is 5.01 Å². The molecule has 16 heavy (non-hydrogen) atoms. The molecule has 1 aliphatic carbocycles. The first-order chi connectivity index (χ1) is 7.74. The number of fused-ring (bicyclic) bond motifs is 1. The Kier molecular flexibility index (Phi) is 2.53. The SMILES string of the molecule is CC(N)c1nnc(-c2cc3c(s2)CCC3)s1. The van der Waals surface area contributed by atoms with E-state index in [-0.39, 0.29) is 6.04 Å². The summed E-state index contributed by atoms with van der Waals surface area (Å²) in [6, 6.07) is 2.26. The zero-order valence-electron chi connectivity index (χ0n) is 9.06. The van der Waals surface area contributed by atoms with Crippen molar-refractivity contribution >= 4 is 22.7 Å². The lowest BCUT2D eigenvalue weighted by molar-refractivity contribution is 0.786. The molecule has 0 saturated carbocycles. The van der Waals surface area contributed by atoms with Crippen LogP contribution in [0.25, 0.3) is 9.88 Å². The molecule has 2 N–H and O–H groups in total. The van der Waals surface area contributed by atoms with Crippen LogP contribution in [-0.4, -0.2) is 10.2 Å². The Morgan fingerprint density at radius 1 is 1.31 bits per heavy atom. The Morgan fingerprint density at radius 3 is 2.88 bits per heavy atom. The van der Waals surface area contributed by atoms with E-state index in [2.05, 4.69) is 16.3 Å². The molecular formula is C11H13N3S2. The summed E-state index contributed by atoms with van der Waals surface area (Å²) in [6.45, 7) is 1.94. The van der Waals surface area contributed by atoms with Crippen LogP contribution in [0, 0.1) is 0 Å². The quantitative estimate of drug-likeness (QED) is 0.893. The fourth-order valence-corrected chi connectivity index (χ4v) is 4.04. The smallest absolute Gasteiger partial charge is 0.157 e. The first kappa shape index (κ1) is 10.4. The van der Waals surface area contributed by atoms with Gasteiger partial charge in [-0.1, -0.05) is 11.3 Å². The van der Waals surface area contributed by atoms with Gasteiger partial charge in [0.2, 0.25) is 0 Å². The summed E-state index contributed by atoms with van der Waals surface area (Å²) in [7, 11) is 0. The lowest BCUT2D eigenvalue weighted by Crippen LogP contribution is -2.03. The van der Waals surface area contributed by atoms with Crippen LogP contribution in [0.5, 0.6) is 0 Å². The molecule has 0 saturated heterocycles. The average molecular weight is 251 g/mol. The topological polar surface area (TPSA) is 51.8 Å². The second kappa shape index (κ2) is 3.91. The molecule has 0 aliphatic heterocycles. The van der Waals surface area contributed by atoms with E-state index >= 15 is 0 Å². The van der Waals surface area contributed by atoms with Crippen molar-refractivity contribution in [1.82, 2.24) is 10.2 Å². The summed E-state index contributed by atoms with van der Waals surface area (Å²) in [5.74, 6) is 0. The van der Waals surface area contributed by atoms with Gasteiger partial charge in [-0.25, -0.2) is 0 Å². The highest BCUT2D eigenvalue weighted by Crippen LogP contribution is 2.37. The van der Waals surface area contributed by atoms with Gasteiger partial charge < -0.3 is 5.73 Å². The zero-order chi connectivity index (χ0) is 11.1. The average Bonchev–Trinajstić information content (AvgIpc) is 2.91. The molecule has 84 valence electrons. The fourth-order valence-electron chi connectivity index (χ4n) is 1.95. The third kappa shape index (κ3) is 1.69. The van der Waals surface area contributed by atoms with E-state index in [0.717, 1.165) is 10.0 Å². The van der Waals surface area contributed by atoms with Crippen molar-refractivity contribution in [2.45, 2.75) is 32.2 Å². The van der Waals surface area contributed by atoms with Crippen LogP contribution < -0.4 is 5.73 Å². The number of hydrogen-bond acceptors (Lipinski definition) is 5. The van der Waals surface area contributed by atoms with Crippen molar-refractivity contribution in [2.75, 3.05) is 0 Å². The molecule has 1 aliphatic rings. The monoisotopic (exact) mass is 251 g/mol. The van der Waals surface area contributed by atoms with Crippen LogP contribution in [0.15, 0.2) is 6.07 Å². The molecule has 1 unspecified atom stereocenters. The van der Waals surface area contributed by atoms with E-state index in [9.17, 15) is 0 Å². The van der Waals surface area contributed by atoms with Crippen LogP contribution in [0.1, 0.15) is 34.8 Å². The molecule has 0 fully saturated rings.